The number of methoxy groups -OCH3 is 2. The zero-order chi connectivity index (χ0) is 48.5. The van der Waals surface area contributed by atoms with Crippen molar-refractivity contribution in [1.82, 2.24) is 0 Å². The van der Waals surface area contributed by atoms with Crippen molar-refractivity contribution in [2.75, 3.05) is 46.2 Å². The van der Waals surface area contributed by atoms with Gasteiger partial charge in [0.15, 0.2) is 41.7 Å². The molecule has 6 aliphatic rings. The number of rotatable bonds is 11. The van der Waals surface area contributed by atoms with Crippen LogP contribution in [0.1, 0.15) is 35.6 Å². The number of anilines is 1. The molecule has 9 rings (SSSR count). The number of aliphatic hydroxyl groups is 5. The van der Waals surface area contributed by atoms with Crippen LogP contribution in [-0.4, -0.2) is 163 Å². The second-order valence-corrected chi connectivity index (χ2v) is 16.7. The van der Waals surface area contributed by atoms with Gasteiger partial charge in [0.1, 0.15) is 48.5 Å². The summed E-state index contributed by atoms with van der Waals surface area (Å²) in [5.41, 5.74) is 0.550. The van der Waals surface area contributed by atoms with Crippen LogP contribution in [-0.2, 0) is 38.0 Å². The SMILES string of the molecule is COc1cc([C@@H]2c3cc4c(cc3C(OC3OC5COC(C)O[C@H]5C(O)[C@@H]3O)[C@H]3COC(=O)[C@H]23)OCO4)cc(OC)c1OC(=O)N(C)c1cc([N+](=O)[O-])ccc1O[C@@H]1OC(C(=O)O)[C@@H](O)C(O)[C@@H]1O. The van der Waals surface area contributed by atoms with Gasteiger partial charge in [-0.3, -0.25) is 19.8 Å². The van der Waals surface area contributed by atoms with Crippen LogP contribution in [0.5, 0.6) is 34.5 Å². The lowest BCUT2D eigenvalue weighted by Gasteiger charge is -2.47. The smallest absolute Gasteiger partial charge is 0.419 e. The lowest BCUT2D eigenvalue weighted by atomic mass is 9.66. The summed E-state index contributed by atoms with van der Waals surface area (Å²) >= 11 is 0. The summed E-state index contributed by atoms with van der Waals surface area (Å²) in [5, 5.41) is 74.8. The van der Waals surface area contributed by atoms with E-state index in [4.69, 9.17) is 56.8 Å². The minimum Gasteiger partial charge on any atom is -0.493 e. The van der Waals surface area contributed by atoms with Crippen LogP contribution in [0.25, 0.3) is 0 Å². The number of esters is 1. The van der Waals surface area contributed by atoms with E-state index in [1.54, 1.807) is 19.1 Å². The first-order valence-corrected chi connectivity index (χ1v) is 21.1. The molecule has 3 aromatic rings. The summed E-state index contributed by atoms with van der Waals surface area (Å²) in [6.45, 7) is 1.49. The molecule has 6 N–H and O–H groups in total. The molecule has 0 saturated carbocycles. The molecule has 0 aromatic heterocycles. The predicted octanol–water partition coefficient (Wildman–Crippen LogP) is 0.447. The van der Waals surface area contributed by atoms with Crippen molar-refractivity contribution in [1.29, 1.82) is 0 Å². The van der Waals surface area contributed by atoms with E-state index >= 15 is 0 Å². The van der Waals surface area contributed by atoms with Crippen molar-refractivity contribution in [2.45, 2.75) is 86.6 Å². The predicted molar refractivity (Wildman–Crippen MR) is 219 cm³/mol. The molecule has 15 atom stereocenters. The lowest BCUT2D eigenvalue weighted by Crippen LogP contribution is -2.63. The third-order valence-electron chi connectivity index (χ3n) is 12.8. The minimum absolute atomic E-state index is 0.0518. The van der Waals surface area contributed by atoms with Gasteiger partial charge in [0.25, 0.3) is 5.69 Å². The lowest BCUT2D eigenvalue weighted by molar-refractivity contribution is -0.384. The van der Waals surface area contributed by atoms with E-state index in [9.17, 15) is 55.1 Å². The van der Waals surface area contributed by atoms with Gasteiger partial charge in [0, 0.05) is 31.0 Å². The summed E-state index contributed by atoms with van der Waals surface area (Å²) < 4.78 is 69.3. The Hall–Kier alpha value is -6.13. The van der Waals surface area contributed by atoms with Crippen LogP contribution < -0.4 is 33.3 Å². The van der Waals surface area contributed by atoms with Gasteiger partial charge in [-0.15, -0.1) is 0 Å². The molecule has 0 radical (unpaired) electrons. The number of carbonyl (C=O) groups is 3. The largest absolute Gasteiger partial charge is 0.493 e. The number of carboxylic acid groups (broad SMARTS) is 1. The zero-order valence-corrected chi connectivity index (χ0v) is 36.3. The highest BCUT2D eigenvalue weighted by Crippen LogP contribution is 2.57. The highest BCUT2D eigenvalue weighted by atomic mass is 16.8. The number of ether oxygens (including phenoxy) is 12. The molecule has 0 bridgehead atoms. The monoisotopic (exact) mass is 958 g/mol. The number of hydrogen-bond acceptors (Lipinski definition) is 22. The maximum absolute atomic E-state index is 14.0. The molecule has 25 heteroatoms. The summed E-state index contributed by atoms with van der Waals surface area (Å²) in [6.07, 6.45) is -19.0. The molecule has 25 nitrogen and oxygen atoms in total. The van der Waals surface area contributed by atoms with E-state index in [1.165, 1.54) is 26.4 Å². The fourth-order valence-electron chi connectivity index (χ4n) is 9.33. The Bertz CT molecular complexity index is 2440. The number of carboxylic acids is 1. The average molecular weight is 959 g/mol. The fraction of sp³-hybridized carbons (Fsp3) is 0.512. The maximum atomic E-state index is 14.0. The molecule has 1 amide bonds. The van der Waals surface area contributed by atoms with Gasteiger partial charge in [-0.25, -0.2) is 9.59 Å². The van der Waals surface area contributed by atoms with Gasteiger partial charge in [0.05, 0.1) is 50.1 Å². The number of aliphatic carboxylic acids is 1. The molecule has 0 spiro atoms. The molecule has 4 saturated heterocycles. The van der Waals surface area contributed by atoms with Gasteiger partial charge in [-0.2, -0.15) is 0 Å². The number of nitro benzene ring substituents is 1. The molecular weight excluding hydrogens is 912 g/mol. The Morgan fingerprint density at radius 3 is 2.15 bits per heavy atom. The van der Waals surface area contributed by atoms with E-state index in [-0.39, 0.29) is 48.7 Å². The number of non-ortho nitro benzene ring substituents is 1. The Balaban J connectivity index is 1.04. The van der Waals surface area contributed by atoms with Crippen LogP contribution in [0.15, 0.2) is 42.5 Å². The third kappa shape index (κ3) is 8.22. The van der Waals surface area contributed by atoms with E-state index in [2.05, 4.69) is 0 Å². The van der Waals surface area contributed by atoms with Crippen LogP contribution in [0.2, 0.25) is 0 Å². The number of carbonyl (C=O) groups excluding carboxylic acids is 2. The highest BCUT2D eigenvalue weighted by Gasteiger charge is 2.56. The Kier molecular flexibility index (Phi) is 12.7. The van der Waals surface area contributed by atoms with Crippen molar-refractivity contribution in [3.8, 4) is 34.5 Å². The number of amides is 1. The van der Waals surface area contributed by atoms with Gasteiger partial charge in [-0.05, 0) is 53.9 Å². The van der Waals surface area contributed by atoms with E-state index in [1.807, 2.05) is 0 Å². The number of nitrogens with zero attached hydrogens (tertiary/aromatic N) is 2. The molecule has 1 aliphatic carbocycles. The van der Waals surface area contributed by atoms with E-state index in [0.717, 1.165) is 30.1 Å². The van der Waals surface area contributed by atoms with Crippen LogP contribution in [0.4, 0.5) is 16.2 Å². The molecule has 68 heavy (non-hydrogen) atoms. The van der Waals surface area contributed by atoms with Crippen LogP contribution in [0.3, 0.4) is 0 Å². The summed E-state index contributed by atoms with van der Waals surface area (Å²) in [6, 6.07) is 9.34. The Labute approximate surface area is 384 Å². The average Bonchev–Trinajstić information content (AvgIpc) is 3.95. The van der Waals surface area contributed by atoms with Crippen LogP contribution in [0, 0.1) is 22.0 Å². The fourth-order valence-corrected chi connectivity index (χ4v) is 9.33. The normalized spacial score (nSPS) is 33.5. The van der Waals surface area contributed by atoms with Crippen molar-refractivity contribution in [3.63, 3.8) is 0 Å². The van der Waals surface area contributed by atoms with Gasteiger partial charge in [-0.1, -0.05) is 0 Å². The van der Waals surface area contributed by atoms with Gasteiger partial charge < -0.3 is 87.5 Å². The number of aliphatic hydroxyl groups excluding tert-OH is 5. The summed E-state index contributed by atoms with van der Waals surface area (Å²) in [4.78, 5) is 51.5. The maximum Gasteiger partial charge on any atom is 0.419 e. The Morgan fingerprint density at radius 1 is 0.809 bits per heavy atom. The molecule has 3 aromatic carbocycles. The molecular formula is C43H46N2O23. The topological polar surface area (TPSA) is 330 Å². The van der Waals surface area contributed by atoms with Crippen molar-refractivity contribution in [2.24, 2.45) is 11.8 Å². The van der Waals surface area contributed by atoms with Crippen molar-refractivity contribution >= 4 is 29.4 Å². The number of cyclic esters (lactones) is 1. The quantitative estimate of drug-likeness (QED) is 0.0863. The zero-order valence-electron chi connectivity index (χ0n) is 36.3. The summed E-state index contributed by atoms with van der Waals surface area (Å²) in [5.74, 6) is -4.91. The van der Waals surface area contributed by atoms with Crippen molar-refractivity contribution < 1.29 is 107 Å². The van der Waals surface area contributed by atoms with Gasteiger partial charge >= 0.3 is 18.0 Å². The first kappa shape index (κ1) is 47.0. The minimum atomic E-state index is -2.05. The first-order valence-electron chi connectivity index (χ1n) is 21.1. The number of hydrogen-bond donors (Lipinski definition) is 6. The third-order valence-corrected chi connectivity index (χ3v) is 12.8. The number of fused-ring (bicyclic) bond motifs is 4. The van der Waals surface area contributed by atoms with E-state index < -0.39 is 120 Å². The molecule has 5 heterocycles. The molecule has 7 unspecified atom stereocenters. The second-order valence-electron chi connectivity index (χ2n) is 16.7. The molecule has 4 fully saturated rings. The second kappa shape index (κ2) is 18.4. The number of nitro groups is 1. The molecule has 366 valence electrons. The highest BCUT2D eigenvalue weighted by molar-refractivity contribution is 5.92. The number of benzene rings is 3. The van der Waals surface area contributed by atoms with Gasteiger partial charge in [0.2, 0.25) is 18.8 Å². The standard InChI is InChI=1S/C43H46N2O23/c1-15-59-13-27-37(63-15)32(48)34(50)42(65-27)66-35-19-11-24-23(61-14-62-24)10-18(19)28(29-20(35)12-60-40(29)53)16-7-25(57-3)36(26(8-16)58-4)68-43(54)44(2)21-9-17(45(55)56)5-6-22(21)64-41-33(49)30(46)31(47)38(67-41)39(51)52/h5-11,15,20,27-35,37-38,41-42,46-50H,12-14H2,1-4H3,(H,51,52)/t15?,20-,27?,28+,29-,30?,31-,32?,33-,34-,35?,37+,38?,41+,42?/m0/s1. The van der Waals surface area contributed by atoms with Crippen molar-refractivity contribution in [3.05, 3.63) is 69.3 Å². The Morgan fingerprint density at radius 2 is 1.49 bits per heavy atom. The molecule has 5 aliphatic heterocycles. The first-order chi connectivity index (χ1) is 32.5. The summed E-state index contributed by atoms with van der Waals surface area (Å²) in [7, 11) is 3.70. The van der Waals surface area contributed by atoms with Crippen LogP contribution >= 0.6 is 0 Å². The van der Waals surface area contributed by atoms with E-state index in [0.29, 0.717) is 28.2 Å².